The number of thiophene rings is 1. The van der Waals surface area contributed by atoms with Crippen LogP contribution in [0.25, 0.3) is 16.8 Å². The Labute approximate surface area is 205 Å². The van der Waals surface area contributed by atoms with E-state index in [0.717, 1.165) is 29.6 Å². The van der Waals surface area contributed by atoms with Crippen molar-refractivity contribution in [3.63, 3.8) is 0 Å². The van der Waals surface area contributed by atoms with Crippen molar-refractivity contribution in [2.45, 2.75) is 43.7 Å². The summed E-state index contributed by atoms with van der Waals surface area (Å²) < 4.78 is 1.77. The van der Waals surface area contributed by atoms with Crippen molar-refractivity contribution in [3.05, 3.63) is 45.2 Å². The third-order valence-corrected chi connectivity index (χ3v) is 9.12. The first kappa shape index (κ1) is 20.9. The van der Waals surface area contributed by atoms with E-state index in [1.807, 2.05) is 11.4 Å². The van der Waals surface area contributed by atoms with Crippen LogP contribution in [0, 0.1) is 11.8 Å². The maximum absolute atomic E-state index is 13.5. The van der Waals surface area contributed by atoms with Gasteiger partial charge in [-0.05, 0) is 72.6 Å². The number of halogens is 1. The monoisotopic (exact) mass is 496 g/mol. The molecule has 7 nitrogen and oxygen atoms in total. The lowest BCUT2D eigenvalue weighted by atomic mass is 10.1. The van der Waals surface area contributed by atoms with Crippen LogP contribution in [0.3, 0.4) is 0 Å². The van der Waals surface area contributed by atoms with Gasteiger partial charge in [-0.2, -0.15) is 16.4 Å². The molecule has 4 unspecified atom stereocenters. The number of piperazine rings is 1. The fourth-order valence-corrected chi connectivity index (χ4v) is 6.81. The Morgan fingerprint density at radius 1 is 1.21 bits per heavy atom. The molecular weight excluding hydrogens is 472 g/mol. The lowest BCUT2D eigenvalue weighted by Crippen LogP contribution is -2.57. The zero-order valence-electron chi connectivity index (χ0n) is 18.6. The minimum absolute atomic E-state index is 0.00764. The molecule has 34 heavy (non-hydrogen) atoms. The first-order valence-corrected chi connectivity index (χ1v) is 13.3. The van der Waals surface area contributed by atoms with Gasteiger partial charge in [0.25, 0.3) is 5.91 Å². The van der Waals surface area contributed by atoms with E-state index < -0.39 is 6.10 Å². The molecule has 4 heterocycles. The Morgan fingerprint density at radius 2 is 2.06 bits per heavy atom. The smallest absolute Gasteiger partial charge is 0.276 e. The molecule has 9 heteroatoms. The van der Waals surface area contributed by atoms with Gasteiger partial charge in [0.15, 0.2) is 5.69 Å². The highest BCUT2D eigenvalue weighted by atomic mass is 35.5. The number of hydrogen-bond donors (Lipinski definition) is 1. The van der Waals surface area contributed by atoms with E-state index >= 15 is 0 Å². The zero-order valence-corrected chi connectivity index (χ0v) is 20.1. The van der Waals surface area contributed by atoms with E-state index in [1.54, 1.807) is 25.7 Å². The lowest BCUT2D eigenvalue weighted by Gasteiger charge is -2.39. The van der Waals surface area contributed by atoms with Gasteiger partial charge in [0, 0.05) is 24.0 Å². The van der Waals surface area contributed by atoms with Crippen molar-refractivity contribution in [1.29, 1.82) is 0 Å². The topological polar surface area (TPSA) is 78.2 Å². The van der Waals surface area contributed by atoms with Crippen LogP contribution in [0.15, 0.2) is 29.0 Å². The van der Waals surface area contributed by atoms with Crippen molar-refractivity contribution in [3.8, 4) is 11.3 Å². The Hall–Kier alpha value is -2.42. The molecule has 0 bridgehead atoms. The van der Waals surface area contributed by atoms with Crippen LogP contribution in [-0.2, 0) is 4.79 Å². The van der Waals surface area contributed by atoms with Crippen molar-refractivity contribution < 1.29 is 14.7 Å². The van der Waals surface area contributed by atoms with Crippen molar-refractivity contribution >= 4 is 40.3 Å². The summed E-state index contributed by atoms with van der Waals surface area (Å²) in [5.41, 5.74) is 4.12. The summed E-state index contributed by atoms with van der Waals surface area (Å²) in [5, 5.41) is 19.6. The van der Waals surface area contributed by atoms with Gasteiger partial charge in [0.05, 0.1) is 28.4 Å². The van der Waals surface area contributed by atoms with E-state index in [-0.39, 0.29) is 30.1 Å². The second kappa shape index (κ2) is 7.54. The molecule has 4 fully saturated rings. The van der Waals surface area contributed by atoms with Crippen LogP contribution < -0.4 is 0 Å². The average molecular weight is 497 g/mol. The summed E-state index contributed by atoms with van der Waals surface area (Å²) in [6, 6.07) is 6.15. The summed E-state index contributed by atoms with van der Waals surface area (Å²) in [6.07, 6.45) is 3.85. The van der Waals surface area contributed by atoms with Gasteiger partial charge in [-0.3, -0.25) is 9.59 Å². The number of amides is 2. The molecule has 0 aromatic carbocycles. The first-order chi connectivity index (χ1) is 16.5. The van der Waals surface area contributed by atoms with Crippen molar-refractivity contribution in [2.75, 3.05) is 19.6 Å². The molecule has 2 amide bonds. The number of carbonyl (C=O) groups is 2. The van der Waals surface area contributed by atoms with E-state index in [4.69, 9.17) is 11.6 Å². The number of rotatable bonds is 4. The molecule has 3 aromatic rings. The normalized spacial score (nSPS) is 28.6. The van der Waals surface area contributed by atoms with Gasteiger partial charge in [0.1, 0.15) is 6.54 Å². The molecule has 1 saturated heterocycles. The molecule has 4 atom stereocenters. The maximum atomic E-state index is 13.5. The van der Waals surface area contributed by atoms with Gasteiger partial charge < -0.3 is 14.9 Å². The largest absolute Gasteiger partial charge is 0.391 e. The summed E-state index contributed by atoms with van der Waals surface area (Å²) in [7, 11) is 0. The Kier molecular flexibility index (Phi) is 4.64. The summed E-state index contributed by atoms with van der Waals surface area (Å²) in [4.78, 5) is 29.7. The van der Waals surface area contributed by atoms with Gasteiger partial charge >= 0.3 is 0 Å². The van der Waals surface area contributed by atoms with Gasteiger partial charge in [-0.15, -0.1) is 0 Å². The molecule has 7 rings (SSSR count). The third kappa shape index (κ3) is 3.22. The average Bonchev–Trinajstić information content (AvgIpc) is 3.71. The summed E-state index contributed by atoms with van der Waals surface area (Å²) in [6.45, 7) is 0.840. The predicted octanol–water partition coefficient (Wildman–Crippen LogP) is 3.65. The number of aromatic nitrogens is 2. The molecule has 1 aliphatic heterocycles. The van der Waals surface area contributed by atoms with Crippen LogP contribution in [0.2, 0.25) is 5.02 Å². The molecule has 0 radical (unpaired) electrons. The zero-order chi connectivity index (χ0) is 23.1. The molecule has 3 aliphatic carbocycles. The SMILES string of the molecule is O=C(c1nn2c(-c3ccsc3)cc(C3CC3)cc2c1Cl)N1CCN(C2CC3CC3C2O)C(=O)C1. The predicted molar refractivity (Wildman–Crippen MR) is 129 cm³/mol. The van der Waals surface area contributed by atoms with Crippen LogP contribution >= 0.6 is 22.9 Å². The molecule has 0 spiro atoms. The van der Waals surface area contributed by atoms with Gasteiger partial charge in [0.2, 0.25) is 5.91 Å². The van der Waals surface area contributed by atoms with E-state index in [0.29, 0.717) is 35.9 Å². The second-order valence-electron chi connectivity index (χ2n) is 10.2. The highest BCUT2D eigenvalue weighted by Gasteiger charge is 2.55. The minimum Gasteiger partial charge on any atom is -0.391 e. The fraction of sp³-hybridized carbons (Fsp3) is 0.480. The van der Waals surface area contributed by atoms with Crippen LogP contribution in [-0.4, -0.2) is 68.1 Å². The second-order valence-corrected chi connectivity index (χ2v) is 11.3. The highest BCUT2D eigenvalue weighted by Crippen LogP contribution is 2.53. The van der Waals surface area contributed by atoms with Crippen LogP contribution in [0.4, 0.5) is 0 Å². The molecule has 3 saturated carbocycles. The Balaban J connectivity index is 1.18. The number of aliphatic hydroxyl groups is 1. The number of carbonyl (C=O) groups excluding carboxylic acids is 2. The van der Waals surface area contributed by atoms with E-state index in [1.165, 1.54) is 18.4 Å². The minimum atomic E-state index is -0.430. The maximum Gasteiger partial charge on any atom is 0.276 e. The lowest BCUT2D eigenvalue weighted by molar-refractivity contribution is -0.140. The van der Waals surface area contributed by atoms with Gasteiger partial charge in [-0.1, -0.05) is 11.6 Å². The number of nitrogens with zero attached hydrogens (tertiary/aromatic N) is 4. The van der Waals surface area contributed by atoms with E-state index in [9.17, 15) is 14.7 Å². The quantitative estimate of drug-likeness (QED) is 0.598. The third-order valence-electron chi connectivity index (χ3n) is 8.06. The Bertz CT molecular complexity index is 1320. The number of fused-ring (bicyclic) bond motifs is 2. The van der Waals surface area contributed by atoms with E-state index in [2.05, 4.69) is 22.6 Å². The molecular formula is C25H25ClN4O3S. The first-order valence-electron chi connectivity index (χ1n) is 12.0. The Morgan fingerprint density at radius 3 is 2.74 bits per heavy atom. The fourth-order valence-electron chi connectivity index (χ4n) is 5.91. The van der Waals surface area contributed by atoms with Crippen LogP contribution in [0.1, 0.15) is 47.7 Å². The number of pyridine rings is 1. The summed E-state index contributed by atoms with van der Waals surface area (Å²) in [5.74, 6) is 1.02. The molecule has 176 valence electrons. The molecule has 4 aliphatic rings. The van der Waals surface area contributed by atoms with Crippen molar-refractivity contribution in [2.24, 2.45) is 11.8 Å². The highest BCUT2D eigenvalue weighted by molar-refractivity contribution is 7.08. The van der Waals surface area contributed by atoms with Crippen LogP contribution in [0.5, 0.6) is 0 Å². The molecule has 1 N–H and O–H groups in total. The van der Waals surface area contributed by atoms with Gasteiger partial charge in [-0.25, -0.2) is 4.52 Å². The number of aliphatic hydroxyl groups excluding tert-OH is 1. The standard InChI is InChI=1S/C25H25ClN4O3S/c26-22-19-9-15(13-1-2-13)8-18(14-3-6-34-12-14)30(19)27-23(22)25(33)28-4-5-29(21(31)11-28)20-10-16-7-17(16)24(20)32/h3,6,8-9,12-13,16-17,20,24,32H,1-2,4-5,7,10-11H2. The van der Waals surface area contributed by atoms with Crippen molar-refractivity contribution in [1.82, 2.24) is 19.4 Å². The summed E-state index contributed by atoms with van der Waals surface area (Å²) >= 11 is 8.37. The molecule has 3 aromatic heterocycles. The number of hydrogen-bond acceptors (Lipinski definition) is 5.